The lowest BCUT2D eigenvalue weighted by Gasteiger charge is -2.47. The highest BCUT2D eigenvalue weighted by Gasteiger charge is 2.42. The molecule has 2 fully saturated rings. The van der Waals surface area contributed by atoms with Crippen LogP contribution in [0.4, 0.5) is 0 Å². The van der Waals surface area contributed by atoms with E-state index in [9.17, 15) is 0 Å². The van der Waals surface area contributed by atoms with Gasteiger partial charge >= 0.3 is 0 Å². The minimum atomic E-state index is -0.414. The summed E-state index contributed by atoms with van der Waals surface area (Å²) in [5.41, 5.74) is 3.42. The minimum absolute atomic E-state index is 0.414. The average Bonchev–Trinajstić information content (AvgIpc) is 2.63. The van der Waals surface area contributed by atoms with Crippen LogP contribution in [0.3, 0.4) is 0 Å². The summed E-state index contributed by atoms with van der Waals surface area (Å²) in [6.07, 6.45) is 9.76. The molecule has 2 aromatic rings. The van der Waals surface area contributed by atoms with Gasteiger partial charge < -0.3 is 9.47 Å². The monoisotopic (exact) mass is 336 g/mol. The summed E-state index contributed by atoms with van der Waals surface area (Å²) in [6, 6.07) is 11.3. The standard InChI is InChI=1S/C21H24N2O2/c1-4-19(5-1)23-11-8-21(9-12-23)24-15-18-13-16(6-7-20(18)25-21)17-3-2-10-22-14-17/h2-3,6-7,10,13-14,19H,1,4-5,8-9,11-12,15H2. The Labute approximate surface area is 148 Å². The summed E-state index contributed by atoms with van der Waals surface area (Å²) >= 11 is 0. The van der Waals surface area contributed by atoms with Crippen LogP contribution in [0, 0.1) is 0 Å². The zero-order chi connectivity index (χ0) is 16.7. The van der Waals surface area contributed by atoms with Crippen molar-refractivity contribution >= 4 is 0 Å². The summed E-state index contributed by atoms with van der Waals surface area (Å²) in [5.74, 6) is 0.569. The first kappa shape index (κ1) is 15.4. The molecule has 0 atom stereocenters. The van der Waals surface area contributed by atoms with Crippen molar-refractivity contribution in [1.29, 1.82) is 0 Å². The number of hydrogen-bond acceptors (Lipinski definition) is 4. The van der Waals surface area contributed by atoms with E-state index in [0.717, 1.165) is 54.4 Å². The van der Waals surface area contributed by atoms with Gasteiger partial charge in [0.15, 0.2) is 0 Å². The second-order valence-corrected chi connectivity index (χ2v) is 7.49. The first-order valence-electron chi connectivity index (χ1n) is 9.42. The number of ether oxygens (including phenoxy) is 2. The van der Waals surface area contributed by atoms with Gasteiger partial charge in [-0.2, -0.15) is 0 Å². The maximum Gasteiger partial charge on any atom is 0.213 e. The van der Waals surface area contributed by atoms with Crippen LogP contribution >= 0.6 is 0 Å². The maximum absolute atomic E-state index is 6.37. The largest absolute Gasteiger partial charge is 0.462 e. The van der Waals surface area contributed by atoms with Crippen molar-refractivity contribution in [2.24, 2.45) is 0 Å². The molecule has 3 heterocycles. The number of rotatable bonds is 2. The molecule has 4 heteroatoms. The predicted molar refractivity (Wildman–Crippen MR) is 96.3 cm³/mol. The summed E-state index contributed by atoms with van der Waals surface area (Å²) in [7, 11) is 0. The molecule has 3 aliphatic rings. The quantitative estimate of drug-likeness (QED) is 0.830. The Morgan fingerprint density at radius 3 is 2.68 bits per heavy atom. The third kappa shape index (κ3) is 2.83. The summed E-state index contributed by atoms with van der Waals surface area (Å²) in [4.78, 5) is 6.83. The van der Waals surface area contributed by atoms with E-state index in [1.165, 1.54) is 19.3 Å². The van der Waals surface area contributed by atoms with Crippen molar-refractivity contribution in [3.8, 4) is 16.9 Å². The van der Waals surface area contributed by atoms with E-state index in [4.69, 9.17) is 9.47 Å². The second-order valence-electron chi connectivity index (χ2n) is 7.49. The third-order valence-corrected chi connectivity index (χ3v) is 5.99. The highest BCUT2D eigenvalue weighted by atomic mass is 16.7. The van der Waals surface area contributed by atoms with E-state index in [-0.39, 0.29) is 0 Å². The molecule has 1 saturated carbocycles. The lowest BCUT2D eigenvalue weighted by molar-refractivity contribution is -0.231. The smallest absolute Gasteiger partial charge is 0.213 e. The van der Waals surface area contributed by atoms with Crippen molar-refractivity contribution in [1.82, 2.24) is 9.88 Å². The van der Waals surface area contributed by atoms with Gasteiger partial charge in [0.25, 0.3) is 0 Å². The summed E-state index contributed by atoms with van der Waals surface area (Å²) < 4.78 is 12.6. The lowest BCUT2D eigenvalue weighted by Crippen LogP contribution is -2.54. The first-order chi connectivity index (χ1) is 12.3. The van der Waals surface area contributed by atoms with Gasteiger partial charge in [-0.25, -0.2) is 0 Å². The molecule has 5 rings (SSSR count). The van der Waals surface area contributed by atoms with Crippen LogP contribution in [0.5, 0.6) is 5.75 Å². The van der Waals surface area contributed by atoms with Gasteiger partial charge in [0.2, 0.25) is 5.79 Å². The number of piperidine rings is 1. The summed E-state index contributed by atoms with van der Waals surface area (Å²) in [5, 5.41) is 0. The average molecular weight is 336 g/mol. The Kier molecular flexibility index (Phi) is 3.75. The normalized spacial score (nSPS) is 22.9. The topological polar surface area (TPSA) is 34.6 Å². The molecule has 25 heavy (non-hydrogen) atoms. The zero-order valence-electron chi connectivity index (χ0n) is 14.5. The van der Waals surface area contributed by atoms with Gasteiger partial charge in [-0.15, -0.1) is 0 Å². The highest BCUT2D eigenvalue weighted by Crippen LogP contribution is 2.40. The number of benzene rings is 1. The van der Waals surface area contributed by atoms with Gasteiger partial charge in [0, 0.05) is 55.5 Å². The van der Waals surface area contributed by atoms with Gasteiger partial charge in [-0.1, -0.05) is 18.6 Å². The number of nitrogens with zero attached hydrogens (tertiary/aromatic N) is 2. The van der Waals surface area contributed by atoms with Crippen LogP contribution in [0.25, 0.3) is 11.1 Å². The van der Waals surface area contributed by atoms with Crippen molar-refractivity contribution in [3.05, 3.63) is 48.3 Å². The van der Waals surface area contributed by atoms with E-state index in [1.54, 1.807) is 6.20 Å². The number of likely N-dealkylation sites (tertiary alicyclic amines) is 1. The fraction of sp³-hybridized carbons (Fsp3) is 0.476. The van der Waals surface area contributed by atoms with Crippen LogP contribution < -0.4 is 4.74 Å². The van der Waals surface area contributed by atoms with E-state index in [2.05, 4.69) is 34.1 Å². The molecule has 0 unspecified atom stereocenters. The van der Waals surface area contributed by atoms with Gasteiger partial charge in [-0.05, 0) is 36.6 Å². The van der Waals surface area contributed by atoms with E-state index in [0.29, 0.717) is 6.61 Å². The molecule has 1 aromatic carbocycles. The van der Waals surface area contributed by atoms with Crippen molar-refractivity contribution in [3.63, 3.8) is 0 Å². The molecule has 0 N–H and O–H groups in total. The van der Waals surface area contributed by atoms with E-state index < -0.39 is 5.79 Å². The minimum Gasteiger partial charge on any atom is -0.462 e. The predicted octanol–water partition coefficient (Wildman–Crippen LogP) is 4.00. The molecule has 4 nitrogen and oxygen atoms in total. The van der Waals surface area contributed by atoms with Crippen molar-refractivity contribution in [2.45, 2.75) is 50.5 Å². The zero-order valence-corrected chi connectivity index (χ0v) is 14.5. The summed E-state index contributed by atoms with van der Waals surface area (Å²) in [6.45, 7) is 2.81. The molecular formula is C21H24N2O2. The molecular weight excluding hydrogens is 312 g/mol. The Bertz CT molecular complexity index is 750. The highest BCUT2D eigenvalue weighted by molar-refractivity contribution is 5.64. The van der Waals surface area contributed by atoms with Gasteiger partial charge in [0.05, 0.1) is 6.61 Å². The van der Waals surface area contributed by atoms with Crippen LogP contribution in [0.1, 0.15) is 37.7 Å². The number of aromatic nitrogens is 1. The fourth-order valence-corrected chi connectivity index (χ4v) is 4.17. The van der Waals surface area contributed by atoms with Crippen LogP contribution in [-0.4, -0.2) is 34.8 Å². The first-order valence-corrected chi connectivity index (χ1v) is 9.42. The fourth-order valence-electron chi connectivity index (χ4n) is 4.17. The Hall–Kier alpha value is -1.91. The Balaban J connectivity index is 1.32. The maximum atomic E-state index is 6.37. The Morgan fingerprint density at radius 2 is 1.96 bits per heavy atom. The molecule has 1 aliphatic carbocycles. The van der Waals surface area contributed by atoms with Crippen molar-refractivity contribution < 1.29 is 9.47 Å². The van der Waals surface area contributed by atoms with Crippen LogP contribution in [0.15, 0.2) is 42.7 Å². The van der Waals surface area contributed by atoms with Gasteiger partial charge in [-0.3, -0.25) is 9.88 Å². The van der Waals surface area contributed by atoms with E-state index >= 15 is 0 Å². The van der Waals surface area contributed by atoms with Crippen molar-refractivity contribution in [2.75, 3.05) is 13.1 Å². The number of fused-ring (bicyclic) bond motifs is 1. The molecule has 130 valence electrons. The number of pyridine rings is 1. The van der Waals surface area contributed by atoms with Crippen LogP contribution in [0.2, 0.25) is 0 Å². The molecule has 0 amide bonds. The molecule has 2 aliphatic heterocycles. The molecule has 0 radical (unpaired) electrons. The SMILES string of the molecule is c1cncc(-c2ccc3c(c2)COC2(CCN(C4CCC4)CC2)O3)c1. The molecule has 0 bridgehead atoms. The second kappa shape index (κ2) is 6.11. The van der Waals surface area contributed by atoms with Crippen LogP contribution in [-0.2, 0) is 11.3 Å². The molecule has 1 aromatic heterocycles. The van der Waals surface area contributed by atoms with Gasteiger partial charge in [0.1, 0.15) is 5.75 Å². The Morgan fingerprint density at radius 1 is 1.08 bits per heavy atom. The third-order valence-electron chi connectivity index (χ3n) is 5.99. The number of hydrogen-bond donors (Lipinski definition) is 0. The molecule has 1 spiro atoms. The van der Waals surface area contributed by atoms with E-state index in [1.807, 2.05) is 12.3 Å². The molecule has 1 saturated heterocycles. The lowest BCUT2D eigenvalue weighted by atomic mass is 9.89.